The van der Waals surface area contributed by atoms with Gasteiger partial charge in [-0.15, -0.1) is 11.8 Å². The van der Waals surface area contributed by atoms with Gasteiger partial charge in [-0.05, 0) is 36.6 Å². The minimum atomic E-state index is -0.250. The summed E-state index contributed by atoms with van der Waals surface area (Å²) in [5, 5.41) is 0. The van der Waals surface area contributed by atoms with Gasteiger partial charge in [0.05, 0.1) is 19.1 Å². The van der Waals surface area contributed by atoms with Gasteiger partial charge >= 0.3 is 0 Å². The molecule has 2 aromatic carbocycles. The van der Waals surface area contributed by atoms with Crippen LogP contribution >= 0.6 is 11.8 Å². The molecule has 2 heterocycles. The third kappa shape index (κ3) is 4.35. The van der Waals surface area contributed by atoms with Crippen molar-refractivity contribution < 1.29 is 19.1 Å². The van der Waals surface area contributed by atoms with Crippen molar-refractivity contribution in [3.63, 3.8) is 0 Å². The van der Waals surface area contributed by atoms with Gasteiger partial charge in [-0.2, -0.15) is 0 Å². The van der Waals surface area contributed by atoms with E-state index in [2.05, 4.69) is 0 Å². The van der Waals surface area contributed by atoms with Crippen LogP contribution < -0.4 is 9.47 Å². The van der Waals surface area contributed by atoms with Crippen LogP contribution in [0.2, 0.25) is 0 Å². The zero-order chi connectivity index (χ0) is 22.6. The van der Waals surface area contributed by atoms with Crippen molar-refractivity contribution in [1.82, 2.24) is 9.80 Å². The van der Waals surface area contributed by atoms with Crippen LogP contribution in [-0.2, 0) is 4.79 Å². The van der Waals surface area contributed by atoms with Crippen LogP contribution in [0.3, 0.4) is 0 Å². The second-order valence-electron chi connectivity index (χ2n) is 7.86. The second kappa shape index (κ2) is 9.69. The van der Waals surface area contributed by atoms with Crippen LogP contribution in [0, 0.1) is 0 Å². The van der Waals surface area contributed by atoms with Crippen LogP contribution in [0.4, 0.5) is 0 Å². The molecule has 168 valence electrons. The van der Waals surface area contributed by atoms with E-state index in [-0.39, 0.29) is 16.7 Å². The average Bonchev–Trinajstić information content (AvgIpc) is 3.25. The zero-order valence-electron chi connectivity index (χ0n) is 18.5. The van der Waals surface area contributed by atoms with Crippen LogP contribution in [0.25, 0.3) is 6.08 Å². The lowest BCUT2D eigenvalue weighted by Crippen LogP contribution is -2.53. The smallest absolute Gasteiger partial charge is 0.261 e. The van der Waals surface area contributed by atoms with Crippen LogP contribution in [-0.4, -0.2) is 66.1 Å². The molecule has 0 atom stereocenters. The molecule has 2 aromatic rings. The van der Waals surface area contributed by atoms with E-state index < -0.39 is 0 Å². The van der Waals surface area contributed by atoms with E-state index in [1.165, 1.54) is 0 Å². The molecule has 0 bridgehead atoms. The number of carbonyl (C=O) groups is 2. The Morgan fingerprint density at radius 1 is 0.938 bits per heavy atom. The molecule has 2 saturated heterocycles. The maximum atomic E-state index is 13.3. The van der Waals surface area contributed by atoms with Crippen molar-refractivity contribution in [3.8, 4) is 11.5 Å². The first kappa shape index (κ1) is 22.3. The summed E-state index contributed by atoms with van der Waals surface area (Å²) in [7, 11) is 3.11. The number of hydrogen-bond acceptors (Lipinski definition) is 5. The van der Waals surface area contributed by atoms with Crippen LogP contribution in [0.5, 0.6) is 11.5 Å². The molecule has 7 heteroatoms. The van der Waals surface area contributed by atoms with E-state index in [4.69, 9.17) is 9.47 Å². The SMILES string of the molecule is COc1cccc(OC)c1C(=O)N1CCC2(CC1)SCCN2C(=O)C=Cc1ccccc1. The maximum Gasteiger partial charge on any atom is 0.261 e. The number of methoxy groups -OCH3 is 2. The van der Waals surface area contributed by atoms with Gasteiger partial charge < -0.3 is 19.3 Å². The molecule has 32 heavy (non-hydrogen) atoms. The second-order valence-corrected chi connectivity index (χ2v) is 9.32. The summed E-state index contributed by atoms with van der Waals surface area (Å²) in [6.07, 6.45) is 5.02. The third-order valence-electron chi connectivity index (χ3n) is 6.14. The highest BCUT2D eigenvalue weighted by atomic mass is 32.2. The number of likely N-dealkylation sites (tertiary alicyclic amines) is 1. The van der Waals surface area contributed by atoms with Gasteiger partial charge in [0.15, 0.2) is 0 Å². The fourth-order valence-electron chi connectivity index (χ4n) is 4.43. The molecule has 2 amide bonds. The number of ether oxygens (including phenoxy) is 2. The summed E-state index contributed by atoms with van der Waals surface area (Å²) in [6, 6.07) is 15.2. The molecule has 0 radical (unpaired) electrons. The van der Waals surface area contributed by atoms with E-state index in [0.29, 0.717) is 30.2 Å². The Hall–Kier alpha value is -2.93. The summed E-state index contributed by atoms with van der Waals surface area (Å²) >= 11 is 1.83. The van der Waals surface area contributed by atoms with Crippen molar-refractivity contribution in [2.75, 3.05) is 39.6 Å². The fraction of sp³-hybridized carbons (Fsp3) is 0.360. The first-order chi connectivity index (χ1) is 15.6. The van der Waals surface area contributed by atoms with Gasteiger partial charge in [0.1, 0.15) is 17.1 Å². The number of hydrogen-bond donors (Lipinski definition) is 0. The normalized spacial score (nSPS) is 17.7. The van der Waals surface area contributed by atoms with Gasteiger partial charge in [-0.25, -0.2) is 0 Å². The molecule has 2 fully saturated rings. The van der Waals surface area contributed by atoms with E-state index in [9.17, 15) is 9.59 Å². The summed E-state index contributed by atoms with van der Waals surface area (Å²) in [5.74, 6) is 1.86. The maximum absolute atomic E-state index is 13.3. The highest BCUT2D eigenvalue weighted by molar-refractivity contribution is 8.00. The monoisotopic (exact) mass is 452 g/mol. The molecule has 0 N–H and O–H groups in total. The molecular weight excluding hydrogens is 424 g/mol. The van der Waals surface area contributed by atoms with Crippen molar-refractivity contribution >= 4 is 29.7 Å². The Kier molecular flexibility index (Phi) is 6.74. The lowest BCUT2D eigenvalue weighted by molar-refractivity contribution is -0.129. The molecule has 0 aliphatic carbocycles. The Balaban J connectivity index is 1.46. The third-order valence-corrected chi connectivity index (χ3v) is 7.69. The number of carbonyl (C=O) groups excluding carboxylic acids is 2. The summed E-state index contributed by atoms with van der Waals surface area (Å²) in [4.78, 5) is 29.9. The van der Waals surface area contributed by atoms with E-state index >= 15 is 0 Å². The summed E-state index contributed by atoms with van der Waals surface area (Å²) < 4.78 is 10.8. The van der Waals surface area contributed by atoms with E-state index in [1.54, 1.807) is 38.5 Å². The number of benzene rings is 2. The van der Waals surface area contributed by atoms with Crippen molar-refractivity contribution in [2.24, 2.45) is 0 Å². The van der Waals surface area contributed by atoms with Crippen LogP contribution in [0.1, 0.15) is 28.8 Å². The molecule has 0 saturated carbocycles. The fourth-order valence-corrected chi connectivity index (χ4v) is 5.90. The first-order valence-corrected chi connectivity index (χ1v) is 11.8. The van der Waals surface area contributed by atoms with Gasteiger partial charge in [0.2, 0.25) is 5.91 Å². The van der Waals surface area contributed by atoms with Crippen molar-refractivity contribution in [1.29, 1.82) is 0 Å². The number of amides is 2. The van der Waals surface area contributed by atoms with Gasteiger partial charge in [-0.3, -0.25) is 9.59 Å². The summed E-state index contributed by atoms with van der Waals surface area (Å²) in [5.41, 5.74) is 1.46. The van der Waals surface area contributed by atoms with E-state index in [0.717, 1.165) is 30.7 Å². The predicted octanol–water partition coefficient (Wildman–Crippen LogP) is 3.92. The number of nitrogens with zero attached hydrogens (tertiary/aromatic N) is 2. The quantitative estimate of drug-likeness (QED) is 0.644. The lowest BCUT2D eigenvalue weighted by Gasteiger charge is -2.43. The Morgan fingerprint density at radius 2 is 1.59 bits per heavy atom. The molecular formula is C25H28N2O4S. The molecule has 2 aliphatic heterocycles. The topological polar surface area (TPSA) is 59.1 Å². The minimum Gasteiger partial charge on any atom is -0.496 e. The van der Waals surface area contributed by atoms with Crippen molar-refractivity contribution in [3.05, 3.63) is 65.7 Å². The number of thioether (sulfide) groups is 1. The molecule has 1 spiro atoms. The molecule has 0 aromatic heterocycles. The highest BCUT2D eigenvalue weighted by Gasteiger charge is 2.46. The molecule has 4 rings (SSSR count). The highest BCUT2D eigenvalue weighted by Crippen LogP contribution is 2.44. The predicted molar refractivity (Wildman–Crippen MR) is 127 cm³/mol. The molecule has 2 aliphatic rings. The Bertz CT molecular complexity index is 978. The Morgan fingerprint density at radius 3 is 2.22 bits per heavy atom. The van der Waals surface area contributed by atoms with Gasteiger partial charge in [-0.1, -0.05) is 36.4 Å². The van der Waals surface area contributed by atoms with Gasteiger partial charge in [0.25, 0.3) is 5.91 Å². The molecule has 0 unspecified atom stereocenters. The largest absolute Gasteiger partial charge is 0.496 e. The number of piperidine rings is 1. The average molecular weight is 453 g/mol. The van der Waals surface area contributed by atoms with Gasteiger partial charge in [0, 0.05) is 31.5 Å². The lowest BCUT2D eigenvalue weighted by atomic mass is 10.0. The molecule has 6 nitrogen and oxygen atoms in total. The minimum absolute atomic E-state index is 0.0324. The number of rotatable bonds is 5. The summed E-state index contributed by atoms with van der Waals surface area (Å²) in [6.45, 7) is 1.90. The zero-order valence-corrected chi connectivity index (χ0v) is 19.3. The van der Waals surface area contributed by atoms with Crippen LogP contribution in [0.15, 0.2) is 54.6 Å². The van der Waals surface area contributed by atoms with E-state index in [1.807, 2.05) is 58.0 Å². The Labute approximate surface area is 193 Å². The van der Waals surface area contributed by atoms with Crippen molar-refractivity contribution in [2.45, 2.75) is 17.7 Å². The first-order valence-electron chi connectivity index (χ1n) is 10.8. The standard InChI is InChI=1S/C25H28N2O4S/c1-30-20-9-6-10-21(31-2)23(20)24(29)26-15-13-25(14-16-26)27(17-18-32-25)22(28)12-11-19-7-4-3-5-8-19/h3-12H,13-18H2,1-2H3.